The summed E-state index contributed by atoms with van der Waals surface area (Å²) in [5.41, 5.74) is 0.617. The van der Waals surface area contributed by atoms with Gasteiger partial charge in [0.25, 0.3) is 5.91 Å². The molecule has 1 aromatic rings. The first-order valence-electron chi connectivity index (χ1n) is 10.7. The Kier molecular flexibility index (Phi) is 5.50. The van der Waals surface area contributed by atoms with Crippen LogP contribution in [0.15, 0.2) is 6.20 Å². The van der Waals surface area contributed by atoms with Crippen LogP contribution in [0.5, 0.6) is 0 Å². The molecule has 0 radical (unpaired) electrons. The maximum absolute atomic E-state index is 13.1. The molecule has 0 unspecified atom stereocenters. The van der Waals surface area contributed by atoms with Crippen LogP contribution in [0.3, 0.4) is 0 Å². The standard InChI is InChI=1S/C20H33N5O2/c1-3-27-18-13-17(20(18)9-5-4-6-10-20)24(2)19(26)16-14-25(23-22-16)15-7-11-21-12-8-15/h14-15,17-18,21H,3-13H2,1-2H3/t17-,18+/m0/s1. The molecule has 7 nitrogen and oxygen atoms in total. The van der Waals surface area contributed by atoms with Gasteiger partial charge in [0.15, 0.2) is 5.69 Å². The van der Waals surface area contributed by atoms with Crippen LogP contribution in [0, 0.1) is 5.41 Å². The third-order valence-corrected chi connectivity index (χ3v) is 7.09. The topological polar surface area (TPSA) is 72.3 Å². The number of aromatic nitrogens is 3. The van der Waals surface area contributed by atoms with Gasteiger partial charge in [0.05, 0.1) is 18.3 Å². The summed E-state index contributed by atoms with van der Waals surface area (Å²) in [7, 11) is 1.94. The fraction of sp³-hybridized carbons (Fsp3) is 0.850. The summed E-state index contributed by atoms with van der Waals surface area (Å²) in [6.45, 7) is 4.81. The van der Waals surface area contributed by atoms with E-state index in [1.165, 1.54) is 32.1 Å². The Balaban J connectivity index is 1.46. The van der Waals surface area contributed by atoms with Gasteiger partial charge in [-0.05, 0) is 52.1 Å². The number of ether oxygens (including phenoxy) is 1. The zero-order valence-corrected chi connectivity index (χ0v) is 16.7. The van der Waals surface area contributed by atoms with Crippen molar-refractivity contribution in [2.24, 2.45) is 5.41 Å². The van der Waals surface area contributed by atoms with Gasteiger partial charge in [0.2, 0.25) is 0 Å². The van der Waals surface area contributed by atoms with Gasteiger partial charge in [-0.1, -0.05) is 24.5 Å². The minimum atomic E-state index is 0.0000753. The van der Waals surface area contributed by atoms with Crippen molar-refractivity contribution < 1.29 is 9.53 Å². The molecule has 3 aliphatic rings. The van der Waals surface area contributed by atoms with Gasteiger partial charge in [0, 0.05) is 25.1 Å². The summed E-state index contributed by atoms with van der Waals surface area (Å²) >= 11 is 0. The molecule has 1 spiro atoms. The Morgan fingerprint density at radius 1 is 1.33 bits per heavy atom. The molecule has 1 N–H and O–H groups in total. The number of amides is 1. The third kappa shape index (κ3) is 3.40. The molecule has 2 aliphatic carbocycles. The van der Waals surface area contributed by atoms with Crippen LogP contribution >= 0.6 is 0 Å². The lowest BCUT2D eigenvalue weighted by atomic mass is 9.54. The molecule has 2 saturated carbocycles. The van der Waals surface area contributed by atoms with E-state index in [2.05, 4.69) is 22.6 Å². The monoisotopic (exact) mass is 375 g/mol. The van der Waals surface area contributed by atoms with Crippen LogP contribution in [-0.4, -0.2) is 64.7 Å². The molecule has 2 heterocycles. The van der Waals surface area contributed by atoms with E-state index < -0.39 is 0 Å². The summed E-state index contributed by atoms with van der Waals surface area (Å²) in [5, 5.41) is 11.8. The van der Waals surface area contributed by atoms with Crippen molar-refractivity contribution in [3.63, 3.8) is 0 Å². The quantitative estimate of drug-likeness (QED) is 0.856. The molecule has 1 amide bonds. The average Bonchev–Trinajstić information content (AvgIpc) is 3.21. The first kappa shape index (κ1) is 18.9. The van der Waals surface area contributed by atoms with Crippen molar-refractivity contribution in [2.75, 3.05) is 26.7 Å². The molecule has 1 aromatic heterocycles. The third-order valence-electron chi connectivity index (χ3n) is 7.09. The second-order valence-electron chi connectivity index (χ2n) is 8.47. The molecular weight excluding hydrogens is 342 g/mol. The highest BCUT2D eigenvalue weighted by atomic mass is 16.5. The van der Waals surface area contributed by atoms with Gasteiger partial charge in [-0.15, -0.1) is 5.10 Å². The Morgan fingerprint density at radius 2 is 2.07 bits per heavy atom. The minimum Gasteiger partial charge on any atom is -0.378 e. The summed E-state index contributed by atoms with van der Waals surface area (Å²) in [6, 6.07) is 0.604. The van der Waals surface area contributed by atoms with E-state index in [9.17, 15) is 4.79 Å². The first-order chi connectivity index (χ1) is 13.2. The van der Waals surface area contributed by atoms with Crippen LogP contribution in [-0.2, 0) is 4.74 Å². The largest absolute Gasteiger partial charge is 0.378 e. The average molecular weight is 376 g/mol. The van der Waals surface area contributed by atoms with E-state index in [-0.39, 0.29) is 17.4 Å². The summed E-state index contributed by atoms with van der Waals surface area (Å²) in [5.74, 6) is 0.0000753. The van der Waals surface area contributed by atoms with Crippen molar-refractivity contribution in [1.29, 1.82) is 0 Å². The van der Waals surface area contributed by atoms with Crippen LogP contribution < -0.4 is 5.32 Å². The van der Waals surface area contributed by atoms with E-state index in [0.29, 0.717) is 17.8 Å². The van der Waals surface area contributed by atoms with Crippen LogP contribution in [0.2, 0.25) is 0 Å². The van der Waals surface area contributed by atoms with Crippen LogP contribution in [0.25, 0.3) is 0 Å². The van der Waals surface area contributed by atoms with Gasteiger partial charge in [0.1, 0.15) is 0 Å². The van der Waals surface area contributed by atoms with Crippen molar-refractivity contribution in [3.05, 3.63) is 11.9 Å². The fourth-order valence-corrected chi connectivity index (χ4v) is 5.52. The van der Waals surface area contributed by atoms with E-state index >= 15 is 0 Å². The van der Waals surface area contributed by atoms with Gasteiger partial charge in [-0.25, -0.2) is 4.68 Å². The second-order valence-corrected chi connectivity index (χ2v) is 8.47. The minimum absolute atomic E-state index is 0.0000753. The fourth-order valence-electron chi connectivity index (χ4n) is 5.52. The van der Waals surface area contributed by atoms with Gasteiger partial charge < -0.3 is 15.0 Å². The maximum Gasteiger partial charge on any atom is 0.276 e. The van der Waals surface area contributed by atoms with Crippen molar-refractivity contribution in [1.82, 2.24) is 25.2 Å². The normalized spacial score (nSPS) is 28.1. The zero-order valence-electron chi connectivity index (χ0n) is 16.7. The molecule has 0 aromatic carbocycles. The number of hydrogen-bond acceptors (Lipinski definition) is 5. The lowest BCUT2D eigenvalue weighted by molar-refractivity contribution is -0.170. The highest BCUT2D eigenvalue weighted by Gasteiger charge is 2.58. The molecule has 0 bridgehead atoms. The van der Waals surface area contributed by atoms with E-state index in [0.717, 1.165) is 39.0 Å². The maximum atomic E-state index is 13.1. The van der Waals surface area contributed by atoms with Crippen molar-refractivity contribution >= 4 is 5.91 Å². The number of piperidine rings is 1. The molecule has 4 rings (SSSR count). The van der Waals surface area contributed by atoms with Crippen molar-refractivity contribution in [2.45, 2.75) is 76.5 Å². The van der Waals surface area contributed by atoms with E-state index in [1.54, 1.807) is 0 Å². The molecule has 3 fully saturated rings. The molecule has 27 heavy (non-hydrogen) atoms. The highest BCUT2D eigenvalue weighted by molar-refractivity contribution is 5.92. The van der Waals surface area contributed by atoms with E-state index in [4.69, 9.17) is 4.74 Å². The smallest absolute Gasteiger partial charge is 0.276 e. The summed E-state index contributed by atoms with van der Waals surface area (Å²) in [4.78, 5) is 15.1. The molecule has 1 aliphatic heterocycles. The second kappa shape index (κ2) is 7.87. The number of carbonyl (C=O) groups is 1. The lowest BCUT2D eigenvalue weighted by Crippen LogP contribution is -2.65. The zero-order chi connectivity index (χ0) is 18.9. The number of nitrogens with one attached hydrogen (secondary N) is 1. The van der Waals surface area contributed by atoms with Gasteiger partial charge in [-0.2, -0.15) is 0 Å². The Labute approximate surface area is 161 Å². The summed E-state index contributed by atoms with van der Waals surface area (Å²) in [6.07, 6.45) is 11.3. The number of rotatable bonds is 5. The van der Waals surface area contributed by atoms with E-state index in [1.807, 2.05) is 22.8 Å². The van der Waals surface area contributed by atoms with Crippen LogP contribution in [0.4, 0.5) is 0 Å². The number of carbonyl (C=O) groups excluding carboxylic acids is 1. The Hall–Kier alpha value is -1.47. The number of hydrogen-bond donors (Lipinski definition) is 1. The molecule has 7 heteroatoms. The Morgan fingerprint density at radius 3 is 2.78 bits per heavy atom. The van der Waals surface area contributed by atoms with Crippen molar-refractivity contribution in [3.8, 4) is 0 Å². The lowest BCUT2D eigenvalue weighted by Gasteiger charge is -2.60. The predicted octanol–water partition coefficient (Wildman–Crippen LogP) is 2.40. The van der Waals surface area contributed by atoms with Gasteiger partial charge in [-0.3, -0.25) is 4.79 Å². The molecule has 1 saturated heterocycles. The predicted molar refractivity (Wildman–Crippen MR) is 103 cm³/mol. The SMILES string of the molecule is CCO[C@@H]1C[C@H](N(C)C(=O)c2cn(C3CCNCC3)nn2)C12CCCCC2. The molecule has 150 valence electrons. The molecular formula is C20H33N5O2. The Bertz CT molecular complexity index is 649. The number of nitrogens with zero attached hydrogens (tertiary/aromatic N) is 4. The summed E-state index contributed by atoms with van der Waals surface area (Å²) < 4.78 is 7.94. The molecule has 2 atom stereocenters. The van der Waals surface area contributed by atoms with Crippen LogP contribution in [0.1, 0.15) is 74.8 Å². The highest BCUT2D eigenvalue weighted by Crippen LogP contribution is 2.55. The van der Waals surface area contributed by atoms with Gasteiger partial charge >= 0.3 is 0 Å². The first-order valence-corrected chi connectivity index (χ1v) is 10.7.